The molecule has 0 amide bonds. The van der Waals surface area contributed by atoms with Gasteiger partial charge in [0.1, 0.15) is 0 Å². The zero-order chi connectivity index (χ0) is 33.5. The van der Waals surface area contributed by atoms with Gasteiger partial charge in [-0.2, -0.15) is 0 Å². The van der Waals surface area contributed by atoms with Gasteiger partial charge in [-0.05, 0) is 74.6 Å². The molecule has 0 aliphatic heterocycles. The lowest BCUT2D eigenvalue weighted by molar-refractivity contribution is 1.07. The Balaban J connectivity index is 1.15. The van der Waals surface area contributed by atoms with Gasteiger partial charge in [0.05, 0.1) is 11.0 Å². The third-order valence-corrected chi connectivity index (χ3v) is 10.3. The molecule has 10 aromatic rings. The highest BCUT2D eigenvalue weighted by molar-refractivity contribution is 6.19. The summed E-state index contributed by atoms with van der Waals surface area (Å²) < 4.78 is 2.42. The van der Waals surface area contributed by atoms with Gasteiger partial charge in [0.15, 0.2) is 17.5 Å². The number of benzene rings is 8. The van der Waals surface area contributed by atoms with Gasteiger partial charge in [-0.25, -0.2) is 15.0 Å². The lowest BCUT2D eigenvalue weighted by Gasteiger charge is -2.13. The maximum absolute atomic E-state index is 5.14. The molecule has 4 nitrogen and oxygen atoms in total. The second-order valence-electron chi connectivity index (χ2n) is 13.2. The van der Waals surface area contributed by atoms with E-state index in [2.05, 4.69) is 138 Å². The van der Waals surface area contributed by atoms with Crippen LogP contribution in [-0.4, -0.2) is 19.5 Å². The summed E-state index contributed by atoms with van der Waals surface area (Å²) in [5, 5.41) is 7.44. The lowest BCUT2D eigenvalue weighted by Crippen LogP contribution is -2.01. The summed E-state index contributed by atoms with van der Waals surface area (Å²) in [6.45, 7) is 0. The molecule has 2 aromatic heterocycles. The smallest absolute Gasteiger partial charge is 0.164 e. The topological polar surface area (TPSA) is 43.6 Å². The molecular weight excluding hydrogens is 621 g/mol. The summed E-state index contributed by atoms with van der Waals surface area (Å²) in [6, 6.07) is 60.3. The highest BCUT2D eigenvalue weighted by Crippen LogP contribution is 2.51. The third-order valence-electron chi connectivity index (χ3n) is 10.3. The number of hydrogen-bond donors (Lipinski definition) is 0. The van der Waals surface area contributed by atoms with Crippen molar-refractivity contribution in [2.24, 2.45) is 0 Å². The van der Waals surface area contributed by atoms with E-state index in [-0.39, 0.29) is 0 Å². The second kappa shape index (κ2) is 10.8. The predicted octanol–water partition coefficient (Wildman–Crippen LogP) is 11.9. The summed E-state index contributed by atoms with van der Waals surface area (Å²) in [5.41, 5.74) is 11.3. The van der Waals surface area contributed by atoms with Crippen molar-refractivity contribution in [2.45, 2.75) is 0 Å². The molecule has 2 heterocycles. The van der Waals surface area contributed by atoms with E-state index in [0.717, 1.165) is 22.4 Å². The Morgan fingerprint density at radius 3 is 1.75 bits per heavy atom. The molecule has 1 aliphatic carbocycles. The minimum Gasteiger partial charge on any atom is -0.309 e. The van der Waals surface area contributed by atoms with E-state index in [1.54, 1.807) is 0 Å². The highest BCUT2D eigenvalue weighted by atomic mass is 15.0. The van der Waals surface area contributed by atoms with Gasteiger partial charge < -0.3 is 4.57 Å². The Labute approximate surface area is 294 Å². The van der Waals surface area contributed by atoms with Gasteiger partial charge in [0.25, 0.3) is 0 Å². The van der Waals surface area contributed by atoms with Crippen molar-refractivity contribution in [3.63, 3.8) is 0 Å². The number of fused-ring (bicyclic) bond motifs is 7. The third kappa shape index (κ3) is 4.23. The van der Waals surface area contributed by atoms with Crippen LogP contribution in [0.5, 0.6) is 0 Å². The van der Waals surface area contributed by atoms with Crippen LogP contribution >= 0.6 is 0 Å². The molecule has 0 radical (unpaired) electrons. The van der Waals surface area contributed by atoms with Crippen LogP contribution in [0, 0.1) is 0 Å². The molecule has 0 bridgehead atoms. The Kier molecular flexibility index (Phi) is 5.92. The highest BCUT2D eigenvalue weighted by Gasteiger charge is 2.27. The molecule has 0 unspecified atom stereocenters. The van der Waals surface area contributed by atoms with E-state index < -0.39 is 0 Å². The molecule has 1 aliphatic rings. The van der Waals surface area contributed by atoms with Crippen LogP contribution in [-0.2, 0) is 0 Å². The predicted molar refractivity (Wildman–Crippen MR) is 210 cm³/mol. The normalized spacial score (nSPS) is 11.9. The molecule has 0 saturated carbocycles. The second-order valence-corrected chi connectivity index (χ2v) is 13.2. The largest absolute Gasteiger partial charge is 0.309 e. The number of nitrogens with zero attached hydrogens (tertiary/aromatic N) is 4. The van der Waals surface area contributed by atoms with E-state index in [1.807, 2.05) is 36.4 Å². The quantitative estimate of drug-likeness (QED) is 0.191. The van der Waals surface area contributed by atoms with Crippen molar-refractivity contribution in [1.82, 2.24) is 19.5 Å². The molecule has 0 saturated heterocycles. The molecule has 8 aromatic carbocycles. The molecule has 4 heteroatoms. The molecule has 236 valence electrons. The van der Waals surface area contributed by atoms with Crippen molar-refractivity contribution in [2.75, 3.05) is 0 Å². The van der Waals surface area contributed by atoms with E-state index >= 15 is 0 Å². The summed E-state index contributed by atoms with van der Waals surface area (Å²) in [4.78, 5) is 15.2. The Hall–Kier alpha value is -6.91. The van der Waals surface area contributed by atoms with Crippen LogP contribution in [0.2, 0.25) is 0 Å². The van der Waals surface area contributed by atoms with Crippen LogP contribution in [0.3, 0.4) is 0 Å². The van der Waals surface area contributed by atoms with Crippen molar-refractivity contribution >= 4 is 43.4 Å². The maximum atomic E-state index is 5.14. The van der Waals surface area contributed by atoms with Crippen LogP contribution < -0.4 is 0 Å². The van der Waals surface area contributed by atoms with Gasteiger partial charge in [0, 0.05) is 38.7 Å². The molecule has 0 spiro atoms. The standard InChI is InChI=1S/C47H28N4/c1-3-12-30(13-4-1)45-48-46(31-14-5-2-6-15-31)50-47(49-45)38-24-22-29-18-11-20-36-39-28-34(23-25-37(39)44(38)43(29)36)51-41-21-10-9-19-35(41)40-26-32-16-7-8-17-33(32)27-42(40)51/h1-28H. The summed E-state index contributed by atoms with van der Waals surface area (Å²) in [7, 11) is 0. The molecule has 0 fully saturated rings. The van der Waals surface area contributed by atoms with E-state index in [4.69, 9.17) is 15.0 Å². The van der Waals surface area contributed by atoms with Gasteiger partial charge in [-0.15, -0.1) is 0 Å². The monoisotopic (exact) mass is 648 g/mol. The zero-order valence-corrected chi connectivity index (χ0v) is 27.5. The van der Waals surface area contributed by atoms with Crippen molar-refractivity contribution in [3.8, 4) is 62.1 Å². The molecule has 0 atom stereocenters. The number of hydrogen-bond acceptors (Lipinski definition) is 3. The Morgan fingerprint density at radius 1 is 0.353 bits per heavy atom. The van der Waals surface area contributed by atoms with Gasteiger partial charge >= 0.3 is 0 Å². The Morgan fingerprint density at radius 2 is 0.980 bits per heavy atom. The van der Waals surface area contributed by atoms with Crippen molar-refractivity contribution < 1.29 is 0 Å². The Bertz CT molecular complexity index is 2960. The molecule has 11 rings (SSSR count). The fourth-order valence-electron chi connectivity index (χ4n) is 8.04. The first-order valence-electron chi connectivity index (χ1n) is 17.3. The summed E-state index contributed by atoms with van der Waals surface area (Å²) >= 11 is 0. The molecule has 51 heavy (non-hydrogen) atoms. The van der Waals surface area contributed by atoms with Gasteiger partial charge in [-0.1, -0.05) is 133 Å². The fourth-order valence-corrected chi connectivity index (χ4v) is 8.04. The minimum atomic E-state index is 0.660. The maximum Gasteiger partial charge on any atom is 0.164 e. The number of aromatic nitrogens is 4. The van der Waals surface area contributed by atoms with E-state index in [1.165, 1.54) is 65.6 Å². The van der Waals surface area contributed by atoms with Gasteiger partial charge in [-0.3, -0.25) is 0 Å². The fraction of sp³-hybridized carbons (Fsp3) is 0. The van der Waals surface area contributed by atoms with E-state index in [0.29, 0.717) is 17.5 Å². The first-order valence-corrected chi connectivity index (χ1v) is 17.3. The van der Waals surface area contributed by atoms with Gasteiger partial charge in [0.2, 0.25) is 0 Å². The minimum absolute atomic E-state index is 0.660. The first kappa shape index (κ1) is 28.0. The SMILES string of the molecule is c1ccc(-c2nc(-c3ccccc3)nc(-c3ccc4cccc5c4c3-c3ccc(-n4c6ccccc6c6cc7ccccc7cc64)cc3-5)n2)cc1. The van der Waals surface area contributed by atoms with Crippen LogP contribution in [0.25, 0.3) is 105 Å². The molecule has 0 N–H and O–H groups in total. The van der Waals surface area contributed by atoms with Crippen LogP contribution in [0.15, 0.2) is 170 Å². The van der Waals surface area contributed by atoms with Crippen molar-refractivity contribution in [1.29, 1.82) is 0 Å². The molecular formula is C47H28N4. The first-order chi connectivity index (χ1) is 25.3. The lowest BCUT2D eigenvalue weighted by atomic mass is 9.97. The van der Waals surface area contributed by atoms with Crippen LogP contribution in [0.1, 0.15) is 0 Å². The van der Waals surface area contributed by atoms with E-state index in [9.17, 15) is 0 Å². The average Bonchev–Trinajstić information content (AvgIpc) is 3.70. The number of rotatable bonds is 4. The number of para-hydroxylation sites is 1. The van der Waals surface area contributed by atoms with Crippen LogP contribution in [0.4, 0.5) is 0 Å². The average molecular weight is 649 g/mol. The summed E-state index contributed by atoms with van der Waals surface area (Å²) in [5.74, 6) is 1.99. The summed E-state index contributed by atoms with van der Waals surface area (Å²) in [6.07, 6.45) is 0. The zero-order valence-electron chi connectivity index (χ0n) is 27.5. The van der Waals surface area contributed by atoms with Crippen molar-refractivity contribution in [3.05, 3.63) is 170 Å².